The minimum absolute atomic E-state index is 0.0326. The first-order valence-electron chi connectivity index (χ1n) is 10.2. The number of rotatable bonds is 7. The van der Waals surface area contributed by atoms with Crippen LogP contribution in [0.3, 0.4) is 0 Å². The molecule has 2 aromatic heterocycles. The summed E-state index contributed by atoms with van der Waals surface area (Å²) in [6.07, 6.45) is 1.45. The van der Waals surface area contributed by atoms with Gasteiger partial charge in [0.2, 0.25) is 0 Å². The van der Waals surface area contributed by atoms with Gasteiger partial charge in [0.25, 0.3) is 5.91 Å². The Morgan fingerprint density at radius 1 is 1.06 bits per heavy atom. The molecule has 0 aliphatic heterocycles. The summed E-state index contributed by atoms with van der Waals surface area (Å²) in [7, 11) is 1.59. The maximum Gasteiger partial charge on any atom is 0.354 e. The number of hydrogen-bond donors (Lipinski definition) is 3. The number of methoxy groups -OCH3 is 1. The minimum Gasteiger partial charge on any atom is -0.497 e. The van der Waals surface area contributed by atoms with E-state index in [-0.39, 0.29) is 11.6 Å². The van der Waals surface area contributed by atoms with Crippen molar-refractivity contribution in [3.8, 4) is 5.75 Å². The molecule has 2 aromatic carbocycles. The van der Waals surface area contributed by atoms with Crippen LogP contribution in [0, 0.1) is 6.92 Å². The van der Waals surface area contributed by atoms with Crippen molar-refractivity contribution in [1.82, 2.24) is 9.97 Å². The summed E-state index contributed by atoms with van der Waals surface area (Å²) in [5, 5.41) is 16.2. The van der Waals surface area contributed by atoms with Crippen molar-refractivity contribution >= 4 is 34.3 Å². The van der Waals surface area contributed by atoms with E-state index in [0.717, 1.165) is 16.5 Å². The summed E-state index contributed by atoms with van der Waals surface area (Å²) in [6.45, 7) is 2.22. The summed E-state index contributed by atoms with van der Waals surface area (Å²) in [5.41, 5.74) is 3.31. The molecule has 1 amide bonds. The molecule has 2 heterocycles. The molecule has 0 bridgehead atoms. The molecule has 0 aliphatic carbocycles. The second kappa shape index (κ2) is 9.35. The first-order chi connectivity index (χ1) is 15.9. The standard InChI is InChI=1S/C25H22N4O4/c1-15-11-17-7-8-18(33-2)13-21(17)28-23(15)29-24(30)19-5-3-4-6-20(19)27-14-16-9-10-26-22(12-16)25(31)32/h3-13,27H,14H2,1-2H3,(H,31,32)(H,28,29,30). The number of nitrogens with zero attached hydrogens (tertiary/aromatic N) is 2. The van der Waals surface area contributed by atoms with Crippen LogP contribution < -0.4 is 15.4 Å². The normalized spacial score (nSPS) is 10.6. The topological polar surface area (TPSA) is 113 Å². The van der Waals surface area contributed by atoms with Gasteiger partial charge >= 0.3 is 5.97 Å². The van der Waals surface area contributed by atoms with Gasteiger partial charge in [-0.05, 0) is 60.5 Å². The van der Waals surface area contributed by atoms with E-state index in [1.807, 2.05) is 37.3 Å². The second-order valence-electron chi connectivity index (χ2n) is 7.42. The highest BCUT2D eigenvalue weighted by atomic mass is 16.5. The first kappa shape index (κ1) is 21.8. The van der Waals surface area contributed by atoms with Gasteiger partial charge in [0.15, 0.2) is 0 Å². The largest absolute Gasteiger partial charge is 0.497 e. The molecule has 0 radical (unpaired) electrons. The van der Waals surface area contributed by atoms with E-state index in [1.54, 1.807) is 31.4 Å². The molecule has 0 saturated heterocycles. The fraction of sp³-hybridized carbons (Fsp3) is 0.120. The predicted molar refractivity (Wildman–Crippen MR) is 126 cm³/mol. The van der Waals surface area contributed by atoms with Crippen molar-refractivity contribution in [2.24, 2.45) is 0 Å². The fourth-order valence-electron chi connectivity index (χ4n) is 3.41. The van der Waals surface area contributed by atoms with Crippen LogP contribution in [0.4, 0.5) is 11.5 Å². The number of pyridine rings is 2. The molecule has 0 unspecified atom stereocenters. The van der Waals surface area contributed by atoms with Crippen LogP contribution in [0.2, 0.25) is 0 Å². The van der Waals surface area contributed by atoms with Gasteiger partial charge in [-0.3, -0.25) is 4.79 Å². The van der Waals surface area contributed by atoms with Gasteiger partial charge in [0, 0.05) is 29.9 Å². The number of amides is 1. The van der Waals surface area contributed by atoms with Crippen LogP contribution in [0.5, 0.6) is 5.75 Å². The zero-order valence-corrected chi connectivity index (χ0v) is 18.1. The number of hydrogen-bond acceptors (Lipinski definition) is 6. The molecule has 0 spiro atoms. The van der Waals surface area contributed by atoms with Crippen LogP contribution in [0.1, 0.15) is 32.0 Å². The summed E-state index contributed by atoms with van der Waals surface area (Å²) in [6, 6.07) is 17.9. The van der Waals surface area contributed by atoms with Crippen molar-refractivity contribution in [2.75, 3.05) is 17.7 Å². The monoisotopic (exact) mass is 442 g/mol. The number of aryl methyl sites for hydroxylation is 1. The molecule has 0 saturated carbocycles. The quantitative estimate of drug-likeness (QED) is 0.386. The van der Waals surface area contributed by atoms with E-state index >= 15 is 0 Å². The number of para-hydroxylation sites is 1. The smallest absolute Gasteiger partial charge is 0.354 e. The lowest BCUT2D eigenvalue weighted by atomic mass is 10.1. The second-order valence-corrected chi connectivity index (χ2v) is 7.42. The molecule has 33 heavy (non-hydrogen) atoms. The number of carbonyl (C=O) groups excluding carboxylic acids is 1. The SMILES string of the molecule is COc1ccc2cc(C)c(NC(=O)c3ccccc3NCc3ccnc(C(=O)O)c3)nc2c1. The summed E-state index contributed by atoms with van der Waals surface area (Å²) >= 11 is 0. The zero-order chi connectivity index (χ0) is 23.4. The Balaban J connectivity index is 1.55. The van der Waals surface area contributed by atoms with E-state index in [2.05, 4.69) is 20.6 Å². The van der Waals surface area contributed by atoms with Crippen LogP contribution >= 0.6 is 0 Å². The van der Waals surface area contributed by atoms with Crippen molar-refractivity contribution in [3.05, 3.63) is 89.2 Å². The average molecular weight is 442 g/mol. The Morgan fingerprint density at radius 2 is 1.88 bits per heavy atom. The van der Waals surface area contributed by atoms with Crippen molar-refractivity contribution < 1.29 is 19.4 Å². The molecule has 4 rings (SSSR count). The number of carbonyl (C=O) groups is 2. The molecule has 8 nitrogen and oxygen atoms in total. The highest BCUT2D eigenvalue weighted by Gasteiger charge is 2.14. The number of anilines is 2. The lowest BCUT2D eigenvalue weighted by Gasteiger charge is -2.14. The van der Waals surface area contributed by atoms with E-state index in [4.69, 9.17) is 9.84 Å². The third-order valence-corrected chi connectivity index (χ3v) is 5.15. The molecule has 166 valence electrons. The molecule has 0 aliphatic rings. The lowest BCUT2D eigenvalue weighted by Crippen LogP contribution is -2.16. The number of carboxylic acid groups (broad SMARTS) is 1. The van der Waals surface area contributed by atoms with Gasteiger partial charge in [-0.2, -0.15) is 0 Å². The average Bonchev–Trinajstić information content (AvgIpc) is 2.83. The molecule has 4 aromatic rings. The van der Waals surface area contributed by atoms with Crippen LogP contribution in [-0.2, 0) is 6.54 Å². The molecular formula is C25H22N4O4. The van der Waals surface area contributed by atoms with Gasteiger partial charge in [-0.25, -0.2) is 14.8 Å². The van der Waals surface area contributed by atoms with E-state index in [0.29, 0.717) is 34.9 Å². The zero-order valence-electron chi connectivity index (χ0n) is 18.1. The van der Waals surface area contributed by atoms with Gasteiger partial charge < -0.3 is 20.5 Å². The van der Waals surface area contributed by atoms with E-state index in [1.165, 1.54) is 12.3 Å². The van der Waals surface area contributed by atoms with E-state index < -0.39 is 5.97 Å². The van der Waals surface area contributed by atoms with Gasteiger partial charge in [-0.1, -0.05) is 12.1 Å². The minimum atomic E-state index is -1.09. The Morgan fingerprint density at radius 3 is 2.67 bits per heavy atom. The number of fused-ring (bicyclic) bond motifs is 1. The number of carboxylic acids is 1. The molecular weight excluding hydrogens is 420 g/mol. The van der Waals surface area contributed by atoms with Crippen molar-refractivity contribution in [1.29, 1.82) is 0 Å². The molecule has 3 N–H and O–H groups in total. The van der Waals surface area contributed by atoms with Crippen molar-refractivity contribution in [2.45, 2.75) is 13.5 Å². The number of aromatic nitrogens is 2. The number of ether oxygens (including phenoxy) is 1. The fourth-order valence-corrected chi connectivity index (χ4v) is 3.41. The third-order valence-electron chi connectivity index (χ3n) is 5.15. The Hall–Kier alpha value is -4.46. The maximum absolute atomic E-state index is 13.1. The third kappa shape index (κ3) is 4.90. The van der Waals surface area contributed by atoms with Gasteiger partial charge in [-0.15, -0.1) is 0 Å². The van der Waals surface area contributed by atoms with Crippen LogP contribution in [0.25, 0.3) is 10.9 Å². The first-order valence-corrected chi connectivity index (χ1v) is 10.2. The summed E-state index contributed by atoms with van der Waals surface area (Å²) in [5.74, 6) is -0.243. The summed E-state index contributed by atoms with van der Waals surface area (Å²) < 4.78 is 5.27. The van der Waals surface area contributed by atoms with Crippen molar-refractivity contribution in [3.63, 3.8) is 0 Å². The number of nitrogens with one attached hydrogen (secondary N) is 2. The van der Waals surface area contributed by atoms with E-state index in [9.17, 15) is 9.59 Å². The number of benzene rings is 2. The van der Waals surface area contributed by atoms with Gasteiger partial charge in [0.1, 0.15) is 17.3 Å². The Kier molecular flexibility index (Phi) is 6.17. The summed E-state index contributed by atoms with van der Waals surface area (Å²) in [4.78, 5) is 32.7. The molecule has 0 fully saturated rings. The Labute approximate surface area is 190 Å². The Bertz CT molecular complexity index is 1350. The van der Waals surface area contributed by atoms with Crippen LogP contribution in [-0.4, -0.2) is 34.1 Å². The number of aromatic carboxylic acids is 1. The van der Waals surface area contributed by atoms with Crippen LogP contribution in [0.15, 0.2) is 66.9 Å². The lowest BCUT2D eigenvalue weighted by molar-refractivity contribution is 0.0690. The predicted octanol–water partition coefficient (Wildman–Crippen LogP) is 4.51. The highest BCUT2D eigenvalue weighted by Crippen LogP contribution is 2.25. The molecule has 8 heteroatoms. The highest BCUT2D eigenvalue weighted by molar-refractivity contribution is 6.08. The van der Waals surface area contributed by atoms with Gasteiger partial charge in [0.05, 0.1) is 18.2 Å². The molecule has 0 atom stereocenters. The maximum atomic E-state index is 13.1.